The number of nitrogens with zero attached hydrogens (tertiary/aromatic N) is 2. The summed E-state index contributed by atoms with van der Waals surface area (Å²) in [7, 11) is 0. The van der Waals surface area contributed by atoms with Crippen molar-refractivity contribution in [3.63, 3.8) is 0 Å². The maximum absolute atomic E-state index is 6.05. The molecule has 0 radical (unpaired) electrons. The van der Waals surface area contributed by atoms with Crippen LogP contribution in [0.2, 0.25) is 5.02 Å². The lowest BCUT2D eigenvalue weighted by Gasteiger charge is -2.03. The average Bonchev–Trinajstić information content (AvgIpc) is 2.82. The summed E-state index contributed by atoms with van der Waals surface area (Å²) in [6.45, 7) is 0. The van der Waals surface area contributed by atoms with Crippen LogP contribution in [-0.2, 0) is 0 Å². The van der Waals surface area contributed by atoms with Gasteiger partial charge in [0.2, 0.25) is 0 Å². The molecule has 0 unspecified atom stereocenters. The molecule has 0 aliphatic heterocycles. The van der Waals surface area contributed by atoms with Crippen LogP contribution in [0.3, 0.4) is 0 Å². The Bertz CT molecular complexity index is 750. The number of aromatic nitrogens is 2. The summed E-state index contributed by atoms with van der Waals surface area (Å²) < 4.78 is 2.69. The molecule has 0 saturated heterocycles. The Kier molecular flexibility index (Phi) is 3.51. The predicted molar refractivity (Wildman–Crippen MR) is 86.1 cm³/mol. The third kappa shape index (κ3) is 2.44. The van der Waals surface area contributed by atoms with Crippen molar-refractivity contribution in [2.75, 3.05) is 5.73 Å². The van der Waals surface area contributed by atoms with E-state index in [2.05, 4.69) is 21.0 Å². The Morgan fingerprint density at radius 2 is 1.75 bits per heavy atom. The number of anilines is 1. The maximum atomic E-state index is 6.05. The second-order valence-corrected chi connectivity index (χ2v) is 5.61. The fraction of sp³-hybridized carbons (Fsp3) is 0. The zero-order valence-electron chi connectivity index (χ0n) is 10.4. The van der Waals surface area contributed by atoms with Crippen molar-refractivity contribution in [3.8, 4) is 16.9 Å². The zero-order chi connectivity index (χ0) is 14.1. The molecule has 3 rings (SSSR count). The molecular weight excluding hydrogens is 338 g/mol. The third-order valence-electron chi connectivity index (χ3n) is 2.96. The summed E-state index contributed by atoms with van der Waals surface area (Å²) in [6, 6.07) is 17.2. The van der Waals surface area contributed by atoms with Gasteiger partial charge >= 0.3 is 0 Å². The van der Waals surface area contributed by atoms with Gasteiger partial charge in [-0.25, -0.2) is 4.68 Å². The Hall–Kier alpha value is -1.78. The smallest absolute Gasteiger partial charge is 0.127 e. The quantitative estimate of drug-likeness (QED) is 0.739. The third-order valence-corrected chi connectivity index (χ3v) is 3.90. The zero-order valence-corrected chi connectivity index (χ0v) is 12.8. The van der Waals surface area contributed by atoms with Gasteiger partial charge in [0, 0.05) is 21.1 Å². The molecule has 0 atom stereocenters. The maximum Gasteiger partial charge on any atom is 0.127 e. The number of rotatable bonds is 2. The SMILES string of the molecule is Nc1cc(-c2ccccc2Br)nn1-c1ccc(Cl)cc1. The van der Waals surface area contributed by atoms with Crippen LogP contribution in [0.15, 0.2) is 59.1 Å². The fourth-order valence-corrected chi connectivity index (χ4v) is 2.60. The minimum atomic E-state index is 0.582. The summed E-state index contributed by atoms with van der Waals surface area (Å²) in [5.74, 6) is 0.582. The van der Waals surface area contributed by atoms with E-state index < -0.39 is 0 Å². The molecule has 0 aliphatic carbocycles. The molecule has 0 bridgehead atoms. The standard InChI is InChI=1S/C15H11BrClN3/c16-13-4-2-1-3-12(13)14-9-15(18)20(19-14)11-7-5-10(17)6-8-11/h1-9H,18H2. The van der Waals surface area contributed by atoms with Gasteiger partial charge in [0.25, 0.3) is 0 Å². The van der Waals surface area contributed by atoms with E-state index in [1.807, 2.05) is 54.6 Å². The highest BCUT2D eigenvalue weighted by Gasteiger charge is 2.10. The lowest BCUT2D eigenvalue weighted by atomic mass is 10.1. The van der Waals surface area contributed by atoms with Crippen molar-refractivity contribution in [2.24, 2.45) is 0 Å². The first kappa shape index (κ1) is 13.2. The van der Waals surface area contributed by atoms with E-state index in [1.54, 1.807) is 4.68 Å². The van der Waals surface area contributed by atoms with Gasteiger partial charge in [-0.2, -0.15) is 5.10 Å². The molecule has 0 amide bonds. The summed E-state index contributed by atoms with van der Waals surface area (Å²) >= 11 is 9.42. The van der Waals surface area contributed by atoms with Crippen LogP contribution in [0.5, 0.6) is 0 Å². The van der Waals surface area contributed by atoms with Crippen LogP contribution in [0.4, 0.5) is 5.82 Å². The first-order valence-corrected chi connectivity index (χ1v) is 7.18. The van der Waals surface area contributed by atoms with E-state index >= 15 is 0 Å². The molecule has 100 valence electrons. The number of hydrogen-bond acceptors (Lipinski definition) is 2. The van der Waals surface area contributed by atoms with E-state index in [9.17, 15) is 0 Å². The normalized spacial score (nSPS) is 10.7. The van der Waals surface area contributed by atoms with Crippen LogP contribution in [0.25, 0.3) is 16.9 Å². The molecular formula is C15H11BrClN3. The average molecular weight is 349 g/mol. The van der Waals surface area contributed by atoms with Crippen molar-refractivity contribution >= 4 is 33.3 Å². The predicted octanol–water partition coefficient (Wildman–Crippen LogP) is 4.54. The lowest BCUT2D eigenvalue weighted by Crippen LogP contribution is -2.01. The van der Waals surface area contributed by atoms with Gasteiger partial charge in [0.05, 0.1) is 11.4 Å². The van der Waals surface area contributed by atoms with Gasteiger partial charge in [0.1, 0.15) is 5.82 Å². The number of hydrogen-bond donors (Lipinski definition) is 1. The molecule has 2 aromatic carbocycles. The first-order valence-electron chi connectivity index (χ1n) is 6.01. The molecule has 0 fully saturated rings. The van der Waals surface area contributed by atoms with E-state index in [0.717, 1.165) is 21.4 Å². The molecule has 1 aromatic heterocycles. The van der Waals surface area contributed by atoms with Crippen LogP contribution in [0.1, 0.15) is 0 Å². The number of halogens is 2. The molecule has 3 aromatic rings. The van der Waals surface area contributed by atoms with Crippen LogP contribution in [0, 0.1) is 0 Å². The van der Waals surface area contributed by atoms with Crippen molar-refractivity contribution in [1.82, 2.24) is 9.78 Å². The molecule has 1 heterocycles. The first-order chi connectivity index (χ1) is 9.65. The Balaban J connectivity index is 2.08. The topological polar surface area (TPSA) is 43.8 Å². The molecule has 0 spiro atoms. The minimum absolute atomic E-state index is 0.582. The Morgan fingerprint density at radius 3 is 2.45 bits per heavy atom. The van der Waals surface area contributed by atoms with Gasteiger partial charge in [-0.1, -0.05) is 45.7 Å². The summed E-state index contributed by atoms with van der Waals surface area (Å²) in [4.78, 5) is 0. The number of nitrogens with two attached hydrogens (primary N) is 1. The highest BCUT2D eigenvalue weighted by Crippen LogP contribution is 2.29. The van der Waals surface area contributed by atoms with Crippen LogP contribution >= 0.6 is 27.5 Å². The van der Waals surface area contributed by atoms with Gasteiger partial charge in [-0.15, -0.1) is 0 Å². The summed E-state index contributed by atoms with van der Waals surface area (Å²) in [6.07, 6.45) is 0. The summed E-state index contributed by atoms with van der Waals surface area (Å²) in [5.41, 5.74) is 8.76. The number of benzene rings is 2. The second-order valence-electron chi connectivity index (χ2n) is 4.32. The monoisotopic (exact) mass is 347 g/mol. The van der Waals surface area contributed by atoms with Crippen molar-refractivity contribution in [3.05, 3.63) is 64.1 Å². The van der Waals surface area contributed by atoms with Crippen molar-refractivity contribution in [2.45, 2.75) is 0 Å². The van der Waals surface area contributed by atoms with E-state index in [4.69, 9.17) is 17.3 Å². The highest BCUT2D eigenvalue weighted by molar-refractivity contribution is 9.10. The van der Waals surface area contributed by atoms with Crippen molar-refractivity contribution < 1.29 is 0 Å². The van der Waals surface area contributed by atoms with E-state index in [-0.39, 0.29) is 0 Å². The van der Waals surface area contributed by atoms with Gasteiger partial charge in [-0.05, 0) is 30.3 Å². The van der Waals surface area contributed by atoms with Crippen LogP contribution in [-0.4, -0.2) is 9.78 Å². The molecule has 0 saturated carbocycles. The van der Waals surface area contributed by atoms with Crippen molar-refractivity contribution in [1.29, 1.82) is 0 Å². The summed E-state index contributed by atoms with van der Waals surface area (Å²) in [5, 5.41) is 5.25. The molecule has 2 N–H and O–H groups in total. The van der Waals surface area contributed by atoms with E-state index in [1.165, 1.54) is 0 Å². The Labute approximate surface area is 130 Å². The molecule has 5 heteroatoms. The molecule has 20 heavy (non-hydrogen) atoms. The molecule has 0 aliphatic rings. The second kappa shape index (κ2) is 5.31. The van der Waals surface area contributed by atoms with E-state index in [0.29, 0.717) is 10.8 Å². The largest absolute Gasteiger partial charge is 0.384 e. The molecule has 3 nitrogen and oxygen atoms in total. The van der Waals surface area contributed by atoms with Gasteiger partial charge < -0.3 is 5.73 Å². The highest BCUT2D eigenvalue weighted by atomic mass is 79.9. The van der Waals surface area contributed by atoms with Crippen LogP contribution < -0.4 is 5.73 Å². The van der Waals surface area contributed by atoms with Gasteiger partial charge in [-0.3, -0.25) is 0 Å². The van der Waals surface area contributed by atoms with Gasteiger partial charge in [0.15, 0.2) is 0 Å². The lowest BCUT2D eigenvalue weighted by molar-refractivity contribution is 0.895. The fourth-order valence-electron chi connectivity index (χ4n) is 1.99. The number of nitrogen functional groups attached to an aromatic ring is 1. The Morgan fingerprint density at radius 1 is 1.05 bits per heavy atom. The minimum Gasteiger partial charge on any atom is -0.384 e.